The minimum Gasteiger partial charge on any atom is -1.00 e. The predicted octanol–water partition coefficient (Wildman–Crippen LogP) is -2.82. The van der Waals surface area contributed by atoms with Crippen LogP contribution >= 0.6 is 0 Å². The zero-order valence-electron chi connectivity index (χ0n) is 16.1. The molecule has 1 aliphatic rings. The molecule has 0 amide bonds. The molecule has 0 radical (unpaired) electrons. The van der Waals surface area contributed by atoms with Crippen LogP contribution in [0, 0.1) is 0 Å². The molecule has 0 unspecified atom stereocenters. The number of benzene rings is 3. The first-order valence-corrected chi connectivity index (χ1v) is 9.81. The predicted molar refractivity (Wildman–Crippen MR) is 105 cm³/mol. The average Bonchev–Trinajstić information content (AvgIpc) is 3.04. The Morgan fingerprint density at radius 1 is 0.621 bits per heavy atom. The second kappa shape index (κ2) is 11.2. The molecule has 29 heavy (non-hydrogen) atoms. The maximum absolute atomic E-state index is 2.37. The summed E-state index contributed by atoms with van der Waals surface area (Å²) in [6, 6.07) is 32.9. The second-order valence-corrected chi connectivity index (χ2v) is 7.57. The van der Waals surface area contributed by atoms with Crippen molar-refractivity contribution in [3.63, 3.8) is 0 Å². The molecule has 0 aromatic heterocycles. The Morgan fingerprint density at radius 2 is 0.966 bits per heavy atom. The van der Waals surface area contributed by atoms with Gasteiger partial charge in [-0.25, -0.2) is 0 Å². The van der Waals surface area contributed by atoms with Gasteiger partial charge in [0, 0.05) is 0 Å². The molecule has 4 heteroatoms. The van der Waals surface area contributed by atoms with E-state index in [9.17, 15) is 0 Å². The zero-order valence-corrected chi connectivity index (χ0v) is 19.9. The molecule has 0 spiro atoms. The molecule has 0 heterocycles. The Balaban J connectivity index is 0.00000140. The molecule has 0 saturated heterocycles. The average molecular weight is 476 g/mol. The van der Waals surface area contributed by atoms with E-state index in [1.165, 1.54) is 31.7 Å². The topological polar surface area (TPSA) is 0 Å². The monoisotopic (exact) mass is 474 g/mol. The van der Waals surface area contributed by atoms with Crippen LogP contribution in [-0.2, 0) is 25.9 Å². The van der Waals surface area contributed by atoms with E-state index in [0.717, 1.165) is 6.42 Å². The molecule has 0 nitrogen and oxygen atoms in total. The molecular weight excluding hydrogens is 455 g/mol. The molecule has 0 N–H and O–H groups in total. The van der Waals surface area contributed by atoms with Crippen molar-refractivity contribution in [3.05, 3.63) is 129 Å². The minimum absolute atomic E-state index is 0. The van der Waals surface area contributed by atoms with Gasteiger partial charge >= 0.3 is 168 Å². The third-order valence-electron chi connectivity index (χ3n) is 5.38. The van der Waals surface area contributed by atoms with E-state index in [2.05, 4.69) is 124 Å². The first-order valence-electron chi connectivity index (χ1n) is 9.03. The van der Waals surface area contributed by atoms with E-state index in [-0.39, 0.29) is 42.6 Å². The van der Waals surface area contributed by atoms with E-state index in [4.69, 9.17) is 0 Å². The number of hydrogen-bond acceptors (Lipinski definition) is 0. The van der Waals surface area contributed by atoms with Crippen molar-refractivity contribution in [1.82, 2.24) is 0 Å². The molecule has 3 aromatic carbocycles. The summed E-state index contributed by atoms with van der Waals surface area (Å²) in [7, 11) is 0. The smallest absolute Gasteiger partial charge is 1.00 e. The van der Waals surface area contributed by atoms with Crippen LogP contribution in [0.3, 0.4) is 0 Å². The Labute approximate surface area is 204 Å². The summed E-state index contributed by atoms with van der Waals surface area (Å²) in [4.78, 5) is 0. The van der Waals surface area contributed by atoms with Crippen molar-refractivity contribution in [3.8, 4) is 0 Å². The van der Waals surface area contributed by atoms with Crippen molar-refractivity contribution >= 4 is 0 Å². The second-order valence-electron chi connectivity index (χ2n) is 6.79. The molecule has 4 rings (SSSR count). The van der Waals surface area contributed by atoms with Gasteiger partial charge in [-0.3, -0.25) is 0 Å². The van der Waals surface area contributed by atoms with Crippen LogP contribution in [0.1, 0.15) is 30.0 Å². The van der Waals surface area contributed by atoms with Gasteiger partial charge in [-0.15, -0.1) is 0 Å². The van der Waals surface area contributed by atoms with Crippen LogP contribution in [0.25, 0.3) is 0 Å². The maximum atomic E-state index is 2.37. The van der Waals surface area contributed by atoms with E-state index in [1.807, 2.05) is 0 Å². The third kappa shape index (κ3) is 4.58. The van der Waals surface area contributed by atoms with E-state index in [0.29, 0.717) is 0 Å². The van der Waals surface area contributed by atoms with Crippen molar-refractivity contribution in [2.24, 2.45) is 0 Å². The standard InChI is InChI=1S/C25H21.3ClH.Ti/c1-20-17-18-24(19-20)25(21-11-5-2-6-12-21,22-13-7-3-8-14-22)23-15-9-4-10-16-23;;;;/h2-17H,18H2,1H3;3*1H;/q;;;;+3/p-3. The molecule has 3 aromatic rings. The molecule has 0 atom stereocenters. The number of halogens is 3. The van der Waals surface area contributed by atoms with Gasteiger partial charge in [0.2, 0.25) is 0 Å². The fourth-order valence-electron chi connectivity index (χ4n) is 4.13. The number of rotatable bonds is 4. The van der Waals surface area contributed by atoms with Gasteiger partial charge in [-0.2, -0.15) is 0 Å². The summed E-state index contributed by atoms with van der Waals surface area (Å²) in [5.74, 6) is 0. The third-order valence-corrected chi connectivity index (χ3v) is 6.47. The molecule has 0 aliphatic heterocycles. The maximum Gasteiger partial charge on any atom is -1.00 e. The van der Waals surface area contributed by atoms with Crippen LogP contribution in [0.4, 0.5) is 0 Å². The molecule has 0 saturated carbocycles. The first kappa shape index (κ1) is 25.8. The van der Waals surface area contributed by atoms with Crippen LogP contribution < -0.4 is 37.2 Å². The molecule has 0 fully saturated rings. The summed E-state index contributed by atoms with van der Waals surface area (Å²) >= 11 is 2.28. The SMILES string of the molecule is CC1=CCC(C(c2ccccc2)(c2ccccc2)c2ccccc2)=[C]1[Ti+3].[Cl-].[Cl-].[Cl-]. The van der Waals surface area contributed by atoms with Crippen LogP contribution in [0.15, 0.2) is 112 Å². The van der Waals surface area contributed by atoms with E-state index in [1.54, 1.807) is 0 Å². The molecule has 1 aliphatic carbocycles. The van der Waals surface area contributed by atoms with Crippen molar-refractivity contribution < 1.29 is 57.7 Å². The van der Waals surface area contributed by atoms with E-state index < -0.39 is 0 Å². The first-order chi connectivity index (χ1) is 12.7. The normalized spacial score (nSPS) is 13.0. The zero-order chi connectivity index (χ0) is 18.0. The van der Waals surface area contributed by atoms with Crippen molar-refractivity contribution in [2.75, 3.05) is 0 Å². The summed E-state index contributed by atoms with van der Waals surface area (Å²) in [5, 5.41) is 0. The van der Waals surface area contributed by atoms with Gasteiger partial charge in [-0.05, 0) is 0 Å². The molecule has 0 bridgehead atoms. The van der Waals surface area contributed by atoms with Crippen LogP contribution in [0.5, 0.6) is 0 Å². The summed E-state index contributed by atoms with van der Waals surface area (Å²) in [6.45, 7) is 2.23. The Kier molecular flexibility index (Phi) is 9.95. The summed E-state index contributed by atoms with van der Waals surface area (Å²) < 4.78 is 1.42. The van der Waals surface area contributed by atoms with Crippen molar-refractivity contribution in [1.29, 1.82) is 0 Å². The number of hydrogen-bond donors (Lipinski definition) is 0. The fourth-order valence-corrected chi connectivity index (χ4v) is 4.74. The Hall–Kier alpha value is -1.28. The van der Waals surface area contributed by atoms with Crippen molar-refractivity contribution in [2.45, 2.75) is 18.8 Å². The Bertz CT molecular complexity index is 868. The van der Waals surface area contributed by atoms with Gasteiger partial charge in [0.15, 0.2) is 0 Å². The Morgan fingerprint density at radius 3 is 1.24 bits per heavy atom. The number of allylic oxidation sites excluding steroid dienone is 4. The van der Waals surface area contributed by atoms with E-state index >= 15 is 0 Å². The van der Waals surface area contributed by atoms with Gasteiger partial charge in [-0.1, -0.05) is 0 Å². The van der Waals surface area contributed by atoms with Gasteiger partial charge in [0.1, 0.15) is 0 Å². The van der Waals surface area contributed by atoms with Gasteiger partial charge < -0.3 is 37.2 Å². The van der Waals surface area contributed by atoms with Crippen LogP contribution in [-0.4, -0.2) is 0 Å². The minimum atomic E-state index is -0.262. The summed E-state index contributed by atoms with van der Waals surface area (Å²) in [6.07, 6.45) is 3.37. The largest absolute Gasteiger partial charge is 1.00 e. The van der Waals surface area contributed by atoms with Gasteiger partial charge in [0.25, 0.3) is 0 Å². The molecular formula is C25H21Cl3Ti. The molecule has 146 valence electrons. The van der Waals surface area contributed by atoms with Gasteiger partial charge in [0.05, 0.1) is 0 Å². The quantitative estimate of drug-likeness (QED) is 0.282. The fraction of sp³-hybridized carbons (Fsp3) is 0.120. The van der Waals surface area contributed by atoms with Crippen LogP contribution in [0.2, 0.25) is 0 Å². The summed E-state index contributed by atoms with van der Waals surface area (Å²) in [5.41, 5.74) is 6.60.